The van der Waals surface area contributed by atoms with Gasteiger partial charge in [-0.25, -0.2) is 0 Å². The zero-order chi connectivity index (χ0) is 21.2. The molecule has 0 spiro atoms. The van der Waals surface area contributed by atoms with E-state index in [1.54, 1.807) is 0 Å². The van der Waals surface area contributed by atoms with Crippen molar-refractivity contribution in [3.63, 3.8) is 0 Å². The summed E-state index contributed by atoms with van der Waals surface area (Å²) in [7, 11) is 0. The Kier molecular flexibility index (Phi) is 8.34. The van der Waals surface area contributed by atoms with E-state index in [2.05, 4.69) is 25.4 Å². The van der Waals surface area contributed by atoms with Crippen molar-refractivity contribution in [1.29, 1.82) is 0 Å². The van der Waals surface area contributed by atoms with Gasteiger partial charge in [-0.2, -0.15) is 0 Å². The molecule has 162 valence electrons. The van der Waals surface area contributed by atoms with Crippen LogP contribution < -0.4 is 15.6 Å². The monoisotopic (exact) mass is 415 g/mol. The van der Waals surface area contributed by atoms with Crippen molar-refractivity contribution in [1.82, 2.24) is 25.4 Å². The second-order valence-corrected chi connectivity index (χ2v) is 7.06. The van der Waals surface area contributed by atoms with E-state index in [4.69, 9.17) is 9.47 Å². The average molecular weight is 415 g/mol. The molecule has 1 aromatic carbocycles. The number of hydrogen-bond acceptors (Lipinski definition) is 7. The number of rotatable bonds is 10. The molecule has 9 nitrogen and oxygen atoms in total. The average Bonchev–Trinajstić information content (AvgIpc) is 2.77. The lowest BCUT2D eigenvalue weighted by atomic mass is 10.2. The fourth-order valence-corrected chi connectivity index (χ4v) is 3.21. The van der Waals surface area contributed by atoms with Gasteiger partial charge in [0.1, 0.15) is 11.4 Å². The highest BCUT2D eigenvalue weighted by Crippen LogP contribution is 2.18. The second kappa shape index (κ2) is 11.4. The Balaban J connectivity index is 1.42. The standard InChI is InChI=1S/C21H29N5O4/c1-2-30-17-6-4-16(5-7-17)20-23-21(28)18(24-25-20)8-9-19(27)22-10-3-11-26-12-14-29-15-13-26/h4-7H,2-3,8-15H2,1H3,(H,22,27)(H,23,25,28). The predicted molar refractivity (Wildman–Crippen MR) is 112 cm³/mol. The minimum atomic E-state index is -0.325. The van der Waals surface area contributed by atoms with Crippen molar-refractivity contribution < 1.29 is 14.3 Å². The molecule has 9 heteroatoms. The molecule has 0 aliphatic carbocycles. The van der Waals surface area contributed by atoms with E-state index in [1.165, 1.54) is 0 Å². The predicted octanol–water partition coefficient (Wildman–Crippen LogP) is 1.00. The molecular formula is C21H29N5O4. The number of aromatic nitrogens is 3. The quantitative estimate of drug-likeness (QED) is 0.557. The summed E-state index contributed by atoms with van der Waals surface area (Å²) in [4.78, 5) is 29.4. The zero-order valence-electron chi connectivity index (χ0n) is 17.4. The molecule has 1 saturated heterocycles. The second-order valence-electron chi connectivity index (χ2n) is 7.06. The van der Waals surface area contributed by atoms with Crippen LogP contribution in [0.1, 0.15) is 25.5 Å². The fourth-order valence-electron chi connectivity index (χ4n) is 3.21. The Morgan fingerprint density at radius 2 is 2.00 bits per heavy atom. The van der Waals surface area contributed by atoms with Crippen molar-refractivity contribution in [2.45, 2.75) is 26.2 Å². The van der Waals surface area contributed by atoms with Crippen LogP contribution in [0.15, 0.2) is 29.1 Å². The number of ether oxygens (including phenoxy) is 2. The van der Waals surface area contributed by atoms with Crippen LogP contribution >= 0.6 is 0 Å². The van der Waals surface area contributed by atoms with Gasteiger partial charge in [0.2, 0.25) is 5.91 Å². The highest BCUT2D eigenvalue weighted by atomic mass is 16.5. The summed E-state index contributed by atoms with van der Waals surface area (Å²) < 4.78 is 10.7. The summed E-state index contributed by atoms with van der Waals surface area (Å²) in [5.74, 6) is 1.05. The van der Waals surface area contributed by atoms with Crippen molar-refractivity contribution in [2.75, 3.05) is 46.0 Å². The third kappa shape index (κ3) is 6.64. The molecule has 0 unspecified atom stereocenters. The molecule has 30 heavy (non-hydrogen) atoms. The topological polar surface area (TPSA) is 109 Å². The summed E-state index contributed by atoms with van der Waals surface area (Å²) in [5, 5.41) is 11.0. The van der Waals surface area contributed by atoms with Gasteiger partial charge in [0, 0.05) is 38.0 Å². The molecule has 0 saturated carbocycles. The maximum absolute atomic E-state index is 12.3. The molecular weight excluding hydrogens is 386 g/mol. The van der Waals surface area contributed by atoms with Crippen LogP contribution in [0.5, 0.6) is 5.75 Å². The van der Waals surface area contributed by atoms with E-state index in [1.807, 2.05) is 31.2 Å². The summed E-state index contributed by atoms with van der Waals surface area (Å²) in [5.41, 5.74) is 0.676. The number of H-pyrrole nitrogens is 1. The van der Waals surface area contributed by atoms with Crippen LogP contribution in [-0.4, -0.2) is 72.0 Å². The third-order valence-electron chi connectivity index (χ3n) is 4.87. The SMILES string of the molecule is CCOc1ccc(-c2nnc(CCC(=O)NCCCN3CCOCC3)c(=O)[nH]2)cc1. The number of nitrogens with zero attached hydrogens (tertiary/aromatic N) is 3. The van der Waals surface area contributed by atoms with Gasteiger partial charge in [-0.3, -0.25) is 14.5 Å². The van der Waals surface area contributed by atoms with Gasteiger partial charge >= 0.3 is 0 Å². The molecule has 1 aliphatic heterocycles. The van der Waals surface area contributed by atoms with Gasteiger partial charge in [0.05, 0.1) is 19.8 Å². The van der Waals surface area contributed by atoms with Crippen LogP contribution in [-0.2, 0) is 16.0 Å². The number of amides is 1. The van der Waals surface area contributed by atoms with Gasteiger partial charge in [0.25, 0.3) is 5.56 Å². The van der Waals surface area contributed by atoms with Gasteiger partial charge in [-0.1, -0.05) is 0 Å². The van der Waals surface area contributed by atoms with Crippen LogP contribution in [0.25, 0.3) is 11.4 Å². The van der Waals surface area contributed by atoms with Crippen molar-refractivity contribution in [3.05, 3.63) is 40.3 Å². The summed E-state index contributed by atoms with van der Waals surface area (Å²) in [6.07, 6.45) is 1.35. The van der Waals surface area contributed by atoms with E-state index in [9.17, 15) is 9.59 Å². The van der Waals surface area contributed by atoms with Crippen molar-refractivity contribution in [2.24, 2.45) is 0 Å². The first-order chi connectivity index (χ1) is 14.7. The smallest absolute Gasteiger partial charge is 0.273 e. The van der Waals surface area contributed by atoms with Gasteiger partial charge in [-0.05, 0) is 44.2 Å². The number of aryl methyl sites for hydroxylation is 1. The third-order valence-corrected chi connectivity index (χ3v) is 4.87. The van der Waals surface area contributed by atoms with Crippen LogP contribution in [0.2, 0.25) is 0 Å². The molecule has 2 heterocycles. The van der Waals surface area contributed by atoms with Gasteiger partial charge < -0.3 is 19.8 Å². The molecule has 1 aromatic heterocycles. The Hall–Kier alpha value is -2.78. The molecule has 0 atom stereocenters. The molecule has 2 N–H and O–H groups in total. The number of benzene rings is 1. The lowest BCUT2D eigenvalue weighted by molar-refractivity contribution is -0.121. The molecule has 1 fully saturated rings. The van der Waals surface area contributed by atoms with Crippen molar-refractivity contribution in [3.8, 4) is 17.1 Å². The zero-order valence-corrected chi connectivity index (χ0v) is 17.4. The van der Waals surface area contributed by atoms with Crippen LogP contribution in [0.3, 0.4) is 0 Å². The Labute approximate surface area is 175 Å². The van der Waals surface area contributed by atoms with E-state index in [0.717, 1.165) is 50.6 Å². The van der Waals surface area contributed by atoms with E-state index >= 15 is 0 Å². The van der Waals surface area contributed by atoms with E-state index in [-0.39, 0.29) is 30.0 Å². The molecule has 1 aliphatic rings. The van der Waals surface area contributed by atoms with Crippen molar-refractivity contribution >= 4 is 5.91 Å². The fraction of sp³-hybridized carbons (Fsp3) is 0.524. The van der Waals surface area contributed by atoms with Gasteiger partial charge in [-0.15, -0.1) is 10.2 Å². The summed E-state index contributed by atoms with van der Waals surface area (Å²) >= 11 is 0. The number of carbonyl (C=O) groups excluding carboxylic acids is 1. The Morgan fingerprint density at radius 3 is 2.70 bits per heavy atom. The first-order valence-electron chi connectivity index (χ1n) is 10.4. The number of hydrogen-bond donors (Lipinski definition) is 2. The highest BCUT2D eigenvalue weighted by Gasteiger charge is 2.11. The number of morpholine rings is 1. The van der Waals surface area contributed by atoms with Gasteiger partial charge in [0.15, 0.2) is 5.82 Å². The lowest BCUT2D eigenvalue weighted by Gasteiger charge is -2.26. The molecule has 0 bridgehead atoms. The first kappa shape index (κ1) is 21.9. The first-order valence-corrected chi connectivity index (χ1v) is 10.4. The van der Waals surface area contributed by atoms with Crippen LogP contribution in [0, 0.1) is 0 Å². The molecule has 2 aromatic rings. The number of nitrogens with one attached hydrogen (secondary N) is 2. The summed E-state index contributed by atoms with van der Waals surface area (Å²) in [6, 6.07) is 7.26. The molecule has 0 radical (unpaired) electrons. The molecule has 3 rings (SSSR count). The minimum absolute atomic E-state index is 0.0891. The minimum Gasteiger partial charge on any atom is -0.494 e. The highest BCUT2D eigenvalue weighted by molar-refractivity contribution is 5.76. The van der Waals surface area contributed by atoms with E-state index < -0.39 is 0 Å². The number of aromatic amines is 1. The Bertz CT molecular complexity index is 862. The lowest BCUT2D eigenvalue weighted by Crippen LogP contribution is -2.38. The normalized spacial score (nSPS) is 14.4. The number of carbonyl (C=O) groups is 1. The van der Waals surface area contributed by atoms with Crippen LogP contribution in [0.4, 0.5) is 0 Å². The Morgan fingerprint density at radius 1 is 1.23 bits per heavy atom. The molecule has 1 amide bonds. The maximum Gasteiger partial charge on any atom is 0.273 e. The maximum atomic E-state index is 12.3. The summed E-state index contributed by atoms with van der Waals surface area (Å²) in [6.45, 7) is 7.52. The largest absolute Gasteiger partial charge is 0.494 e. The van der Waals surface area contributed by atoms with E-state index in [0.29, 0.717) is 19.0 Å².